The lowest BCUT2D eigenvalue weighted by Gasteiger charge is -2.15. The number of imide groups is 1. The molecule has 0 aromatic heterocycles. The average Bonchev–Trinajstić information content (AvgIpc) is 2.14. The van der Waals surface area contributed by atoms with E-state index >= 15 is 0 Å². The highest BCUT2D eigenvalue weighted by Gasteiger charge is 2.27. The van der Waals surface area contributed by atoms with E-state index in [2.05, 4.69) is 0 Å². The van der Waals surface area contributed by atoms with Crippen molar-refractivity contribution in [1.29, 1.82) is 5.26 Å². The second kappa shape index (κ2) is 4.01. The zero-order valence-corrected chi connectivity index (χ0v) is 7.58. The fourth-order valence-corrected chi connectivity index (χ4v) is 1.13. The van der Waals surface area contributed by atoms with E-state index < -0.39 is 18.0 Å². The fraction of sp³-hybridized carbons (Fsp3) is 0.444. The van der Waals surface area contributed by atoms with Crippen molar-refractivity contribution in [1.82, 2.24) is 5.32 Å². The maximum Gasteiger partial charge on any atom is 0.265 e. The number of hydrogen-bond donors (Lipinski definition) is 1. The third-order valence-electron chi connectivity index (χ3n) is 1.87. The van der Waals surface area contributed by atoms with Crippen LogP contribution in [0.15, 0.2) is 11.6 Å². The van der Waals surface area contributed by atoms with Gasteiger partial charge in [0.05, 0.1) is 6.07 Å². The molecule has 0 bridgehead atoms. The van der Waals surface area contributed by atoms with Crippen molar-refractivity contribution in [2.24, 2.45) is 5.92 Å². The first kappa shape index (κ1) is 10.4. The predicted molar refractivity (Wildman–Crippen MR) is 45.5 cm³/mol. The maximum atomic E-state index is 12.8. The molecule has 1 aliphatic heterocycles. The molecule has 5 heteroatoms. The van der Waals surface area contributed by atoms with Crippen LogP contribution in [-0.2, 0) is 9.59 Å². The Morgan fingerprint density at radius 3 is 2.93 bits per heavy atom. The summed E-state index contributed by atoms with van der Waals surface area (Å²) in [6.45, 7) is 1.62. The van der Waals surface area contributed by atoms with Crippen LogP contribution in [-0.4, -0.2) is 18.0 Å². The third kappa shape index (κ3) is 2.16. The molecule has 0 aromatic carbocycles. The van der Waals surface area contributed by atoms with Gasteiger partial charge < -0.3 is 0 Å². The van der Waals surface area contributed by atoms with Gasteiger partial charge in [-0.3, -0.25) is 14.9 Å². The molecule has 2 unspecified atom stereocenters. The van der Waals surface area contributed by atoms with Crippen LogP contribution in [0.4, 0.5) is 4.39 Å². The third-order valence-corrected chi connectivity index (χ3v) is 1.87. The highest BCUT2D eigenvalue weighted by Crippen LogP contribution is 2.15. The lowest BCUT2D eigenvalue weighted by atomic mass is 9.98. The van der Waals surface area contributed by atoms with Crippen LogP contribution >= 0.6 is 0 Å². The van der Waals surface area contributed by atoms with E-state index in [1.54, 1.807) is 6.92 Å². The molecule has 1 heterocycles. The number of carbonyl (C=O) groups excluding carboxylic acids is 2. The molecule has 0 aliphatic carbocycles. The van der Waals surface area contributed by atoms with Gasteiger partial charge in [0.25, 0.3) is 11.8 Å². The van der Waals surface area contributed by atoms with Crippen molar-refractivity contribution in [3.63, 3.8) is 0 Å². The molecule has 1 N–H and O–H groups in total. The van der Waals surface area contributed by atoms with Gasteiger partial charge in [-0.2, -0.15) is 5.26 Å². The van der Waals surface area contributed by atoms with E-state index in [0.717, 1.165) is 6.08 Å². The Hall–Kier alpha value is -1.70. The summed E-state index contributed by atoms with van der Waals surface area (Å²) in [5.74, 6) is -1.92. The Morgan fingerprint density at radius 1 is 1.71 bits per heavy atom. The van der Waals surface area contributed by atoms with Gasteiger partial charge in [0.2, 0.25) is 0 Å². The number of hydrogen-bond acceptors (Lipinski definition) is 3. The summed E-state index contributed by atoms with van der Waals surface area (Å²) in [7, 11) is 0. The molecule has 1 rings (SSSR count). The summed E-state index contributed by atoms with van der Waals surface area (Å²) in [4.78, 5) is 21.8. The summed E-state index contributed by atoms with van der Waals surface area (Å²) < 4.78 is 12.8. The van der Waals surface area contributed by atoms with Gasteiger partial charge in [-0.05, 0) is 19.4 Å². The number of amides is 2. The van der Waals surface area contributed by atoms with Gasteiger partial charge in [0.1, 0.15) is 0 Å². The Balaban J connectivity index is 2.78. The molecule has 2 atom stereocenters. The smallest absolute Gasteiger partial charge is 0.265 e. The molecule has 74 valence electrons. The summed E-state index contributed by atoms with van der Waals surface area (Å²) in [6, 6.07) is 1.93. The molecular weight excluding hydrogens is 187 g/mol. The Labute approximate surface area is 80.4 Å². The fourth-order valence-electron chi connectivity index (χ4n) is 1.13. The van der Waals surface area contributed by atoms with Crippen molar-refractivity contribution >= 4 is 11.8 Å². The minimum atomic E-state index is -1.78. The van der Waals surface area contributed by atoms with E-state index in [-0.39, 0.29) is 17.9 Å². The number of nitriles is 1. The van der Waals surface area contributed by atoms with Crippen molar-refractivity contribution in [3.8, 4) is 6.07 Å². The quantitative estimate of drug-likeness (QED) is 0.652. The van der Waals surface area contributed by atoms with Crippen LogP contribution in [0.3, 0.4) is 0 Å². The van der Waals surface area contributed by atoms with E-state index in [9.17, 15) is 14.0 Å². The number of halogens is 1. The highest BCUT2D eigenvalue weighted by atomic mass is 19.1. The largest absolute Gasteiger partial charge is 0.290 e. The first-order valence-corrected chi connectivity index (χ1v) is 4.14. The number of rotatable bonds is 2. The monoisotopic (exact) mass is 196 g/mol. The zero-order chi connectivity index (χ0) is 10.7. The topological polar surface area (TPSA) is 70.0 Å². The number of alkyl halides is 1. The van der Waals surface area contributed by atoms with Crippen LogP contribution in [0.2, 0.25) is 0 Å². The first-order chi connectivity index (χ1) is 6.54. The minimum absolute atomic E-state index is 0.158. The lowest BCUT2D eigenvalue weighted by molar-refractivity contribution is -0.132. The van der Waals surface area contributed by atoms with Crippen LogP contribution in [0.5, 0.6) is 0 Å². The molecule has 2 amide bonds. The van der Waals surface area contributed by atoms with Gasteiger partial charge in [-0.25, -0.2) is 4.39 Å². The van der Waals surface area contributed by atoms with Gasteiger partial charge in [0, 0.05) is 11.5 Å². The average molecular weight is 196 g/mol. The lowest BCUT2D eigenvalue weighted by Crippen LogP contribution is -2.41. The van der Waals surface area contributed by atoms with Gasteiger partial charge >= 0.3 is 0 Å². The molecular formula is C9H9FN2O2. The minimum Gasteiger partial charge on any atom is -0.290 e. The Kier molecular flexibility index (Phi) is 2.97. The van der Waals surface area contributed by atoms with Crippen LogP contribution in [0.1, 0.15) is 13.3 Å². The Bertz CT molecular complexity index is 343. The molecule has 14 heavy (non-hydrogen) atoms. The maximum absolute atomic E-state index is 12.8. The van der Waals surface area contributed by atoms with Gasteiger partial charge in [-0.1, -0.05) is 0 Å². The molecule has 0 saturated carbocycles. The van der Waals surface area contributed by atoms with Crippen molar-refractivity contribution < 1.29 is 14.0 Å². The molecule has 0 saturated heterocycles. The number of carbonyl (C=O) groups is 2. The van der Waals surface area contributed by atoms with E-state index in [0.29, 0.717) is 0 Å². The van der Waals surface area contributed by atoms with Crippen LogP contribution < -0.4 is 5.32 Å². The van der Waals surface area contributed by atoms with E-state index in [1.165, 1.54) is 0 Å². The first-order valence-electron chi connectivity index (χ1n) is 4.14. The second-order valence-electron chi connectivity index (χ2n) is 3.15. The summed E-state index contributed by atoms with van der Waals surface area (Å²) in [5.41, 5.74) is 0.158. The second-order valence-corrected chi connectivity index (χ2v) is 3.15. The van der Waals surface area contributed by atoms with Crippen molar-refractivity contribution in [2.45, 2.75) is 19.5 Å². The van der Waals surface area contributed by atoms with Gasteiger partial charge in [-0.15, -0.1) is 0 Å². The summed E-state index contributed by atoms with van der Waals surface area (Å²) in [5, 5.41) is 10.4. The van der Waals surface area contributed by atoms with E-state index in [4.69, 9.17) is 5.26 Å². The molecule has 0 aromatic rings. The Morgan fingerprint density at radius 2 is 2.36 bits per heavy atom. The zero-order valence-electron chi connectivity index (χ0n) is 7.58. The normalized spacial score (nSPS) is 23.5. The predicted octanol–water partition coefficient (Wildman–Crippen LogP) is 0.457. The number of nitrogens with zero attached hydrogens (tertiary/aromatic N) is 1. The van der Waals surface area contributed by atoms with Crippen molar-refractivity contribution in [2.75, 3.05) is 0 Å². The standard InChI is InChI=1S/C9H9FN2O2/c1-5(4-11)2-6-3-7(10)9(14)12-8(6)13/h3,5,7H,2H2,1H3,(H,12,13,14). The SMILES string of the molecule is CC(C#N)CC1=CC(F)C(=O)NC1=O. The van der Waals surface area contributed by atoms with Crippen molar-refractivity contribution in [3.05, 3.63) is 11.6 Å². The molecule has 1 aliphatic rings. The highest BCUT2D eigenvalue weighted by molar-refractivity contribution is 6.09. The molecule has 0 radical (unpaired) electrons. The summed E-state index contributed by atoms with van der Waals surface area (Å²) >= 11 is 0. The van der Waals surface area contributed by atoms with Gasteiger partial charge in [0.15, 0.2) is 6.17 Å². The molecule has 0 fully saturated rings. The molecule has 4 nitrogen and oxygen atoms in total. The number of nitrogens with one attached hydrogen (secondary N) is 1. The van der Waals surface area contributed by atoms with E-state index in [1.807, 2.05) is 11.4 Å². The van der Waals surface area contributed by atoms with Crippen LogP contribution in [0.25, 0.3) is 0 Å². The van der Waals surface area contributed by atoms with Crippen LogP contribution in [0, 0.1) is 17.2 Å². The molecule has 0 spiro atoms. The summed E-state index contributed by atoms with van der Waals surface area (Å²) in [6.07, 6.45) is -0.654.